The fourth-order valence-electron chi connectivity index (χ4n) is 1.86. The van der Waals surface area contributed by atoms with Crippen molar-refractivity contribution in [2.24, 2.45) is 0 Å². The molecule has 11 heteroatoms. The second-order valence-corrected chi connectivity index (χ2v) is 6.45. The molecule has 26 heavy (non-hydrogen) atoms. The first-order valence-corrected chi connectivity index (χ1v) is 8.66. The quantitative estimate of drug-likeness (QED) is 0.468. The minimum atomic E-state index is -4.50. The SMILES string of the molecule is O=S(=O)([O-])c1ccc(Nc2nc(Cl)nc(Oc3ccccc3)n2)cc1.[Na+]. The summed E-state index contributed by atoms with van der Waals surface area (Å²) in [5.41, 5.74) is 0.459. The summed E-state index contributed by atoms with van der Waals surface area (Å²) in [7, 11) is -4.50. The van der Waals surface area contributed by atoms with Crippen molar-refractivity contribution in [2.75, 3.05) is 5.32 Å². The minimum absolute atomic E-state index is 0. The topological polar surface area (TPSA) is 117 Å². The van der Waals surface area contributed by atoms with Crippen LogP contribution in [-0.4, -0.2) is 27.9 Å². The summed E-state index contributed by atoms with van der Waals surface area (Å²) >= 11 is 5.86. The van der Waals surface area contributed by atoms with Gasteiger partial charge in [-0.3, -0.25) is 0 Å². The van der Waals surface area contributed by atoms with Gasteiger partial charge in [0, 0.05) is 5.69 Å². The second kappa shape index (κ2) is 8.76. The predicted octanol–water partition coefficient (Wildman–Crippen LogP) is -0.0310. The summed E-state index contributed by atoms with van der Waals surface area (Å²) in [5, 5.41) is 2.74. The van der Waals surface area contributed by atoms with Crippen molar-refractivity contribution in [1.82, 2.24) is 15.0 Å². The number of ether oxygens (including phenoxy) is 1. The molecule has 0 spiro atoms. The molecule has 1 heterocycles. The van der Waals surface area contributed by atoms with Gasteiger partial charge in [-0.1, -0.05) is 18.2 Å². The van der Waals surface area contributed by atoms with Gasteiger partial charge in [-0.05, 0) is 48.0 Å². The number of benzene rings is 2. The number of anilines is 2. The molecule has 0 bridgehead atoms. The Labute approximate surface area is 176 Å². The Hall–Kier alpha value is -1.75. The van der Waals surface area contributed by atoms with Gasteiger partial charge < -0.3 is 14.6 Å². The van der Waals surface area contributed by atoms with Crippen molar-refractivity contribution in [1.29, 1.82) is 0 Å². The first-order valence-electron chi connectivity index (χ1n) is 6.88. The van der Waals surface area contributed by atoms with Crippen molar-refractivity contribution >= 4 is 33.4 Å². The molecule has 0 aliphatic rings. The Morgan fingerprint density at radius 1 is 0.962 bits per heavy atom. The predicted molar refractivity (Wildman–Crippen MR) is 89.0 cm³/mol. The average molecular weight is 401 g/mol. The van der Waals surface area contributed by atoms with Crippen LogP contribution in [-0.2, 0) is 10.1 Å². The maximum atomic E-state index is 10.9. The molecule has 1 aromatic heterocycles. The molecule has 1 N–H and O–H groups in total. The molecule has 0 saturated heterocycles. The zero-order chi connectivity index (χ0) is 17.9. The monoisotopic (exact) mass is 400 g/mol. The van der Waals surface area contributed by atoms with E-state index in [0.717, 1.165) is 0 Å². The van der Waals surface area contributed by atoms with Crippen molar-refractivity contribution in [2.45, 2.75) is 4.90 Å². The van der Waals surface area contributed by atoms with E-state index < -0.39 is 10.1 Å². The molecular formula is C15H10ClN4NaO4S. The van der Waals surface area contributed by atoms with Gasteiger partial charge in [0.1, 0.15) is 15.9 Å². The Morgan fingerprint density at radius 2 is 1.62 bits per heavy atom. The second-order valence-electron chi connectivity index (χ2n) is 4.73. The van der Waals surface area contributed by atoms with Crippen LogP contribution >= 0.6 is 11.6 Å². The van der Waals surface area contributed by atoms with Crippen LogP contribution < -0.4 is 39.6 Å². The maximum Gasteiger partial charge on any atom is 1.00 e. The van der Waals surface area contributed by atoms with E-state index in [4.69, 9.17) is 16.3 Å². The molecule has 3 rings (SSSR count). The van der Waals surface area contributed by atoms with E-state index in [1.54, 1.807) is 24.3 Å². The molecule has 8 nitrogen and oxygen atoms in total. The first kappa shape index (κ1) is 20.6. The number of aromatic nitrogens is 3. The summed E-state index contributed by atoms with van der Waals surface area (Å²) in [6.07, 6.45) is 0. The van der Waals surface area contributed by atoms with Gasteiger partial charge in [0.15, 0.2) is 0 Å². The molecular weight excluding hydrogens is 391 g/mol. The molecule has 0 aliphatic carbocycles. The van der Waals surface area contributed by atoms with Crippen LogP contribution in [0.2, 0.25) is 5.28 Å². The third-order valence-corrected chi connectivity index (χ3v) is 3.96. The minimum Gasteiger partial charge on any atom is -0.744 e. The van der Waals surface area contributed by atoms with E-state index in [1.807, 2.05) is 6.07 Å². The van der Waals surface area contributed by atoms with Crippen LogP contribution in [0.4, 0.5) is 11.6 Å². The van der Waals surface area contributed by atoms with Gasteiger partial charge in [0.25, 0.3) is 0 Å². The van der Waals surface area contributed by atoms with Crippen LogP contribution in [0.3, 0.4) is 0 Å². The number of hydrogen-bond donors (Lipinski definition) is 1. The van der Waals surface area contributed by atoms with Crippen LogP contribution in [0.25, 0.3) is 0 Å². The van der Waals surface area contributed by atoms with Crippen molar-refractivity contribution < 1.29 is 47.3 Å². The summed E-state index contributed by atoms with van der Waals surface area (Å²) in [5.74, 6) is 0.629. The number of rotatable bonds is 5. The van der Waals surface area contributed by atoms with E-state index in [-0.39, 0.29) is 51.7 Å². The number of hydrogen-bond acceptors (Lipinski definition) is 8. The van der Waals surface area contributed by atoms with Crippen LogP contribution in [0, 0.1) is 0 Å². The average Bonchev–Trinajstić information content (AvgIpc) is 2.55. The fraction of sp³-hybridized carbons (Fsp3) is 0. The summed E-state index contributed by atoms with van der Waals surface area (Å²) < 4.78 is 38.3. The summed E-state index contributed by atoms with van der Waals surface area (Å²) in [6, 6.07) is 14.0. The molecule has 3 aromatic rings. The molecule has 0 amide bonds. The molecule has 0 atom stereocenters. The summed E-state index contributed by atoms with van der Waals surface area (Å²) in [4.78, 5) is 11.5. The molecule has 128 valence electrons. The third-order valence-electron chi connectivity index (χ3n) is 2.94. The molecule has 0 radical (unpaired) electrons. The van der Waals surface area contributed by atoms with Crippen molar-refractivity contribution in [3.63, 3.8) is 0 Å². The zero-order valence-corrected chi connectivity index (χ0v) is 17.0. The largest absolute Gasteiger partial charge is 1.00 e. The molecule has 0 fully saturated rings. The summed E-state index contributed by atoms with van der Waals surface area (Å²) in [6.45, 7) is 0. The molecule has 0 unspecified atom stereocenters. The van der Waals surface area contributed by atoms with Gasteiger partial charge >= 0.3 is 35.6 Å². The number of nitrogens with one attached hydrogen (secondary N) is 1. The van der Waals surface area contributed by atoms with Gasteiger partial charge in [0.2, 0.25) is 11.2 Å². The van der Waals surface area contributed by atoms with Gasteiger partial charge in [-0.25, -0.2) is 8.42 Å². The number of nitrogens with zero attached hydrogens (tertiary/aromatic N) is 3. The molecule has 0 aliphatic heterocycles. The smallest absolute Gasteiger partial charge is 0.744 e. The Bertz CT molecular complexity index is 988. The van der Waals surface area contributed by atoms with Crippen LogP contribution in [0.15, 0.2) is 59.5 Å². The van der Waals surface area contributed by atoms with E-state index in [2.05, 4.69) is 20.3 Å². The maximum absolute atomic E-state index is 10.9. The standard InChI is InChI=1S/C15H11ClN4O4S.Na/c16-13-18-14(17-10-6-8-12(9-7-10)25(21,22)23)20-15(19-13)24-11-4-2-1-3-5-11;/h1-9H,(H,21,22,23)(H,17,18,19,20);/q;+1/p-1. The molecule has 2 aromatic carbocycles. The zero-order valence-electron chi connectivity index (χ0n) is 13.5. The van der Waals surface area contributed by atoms with Gasteiger partial charge in [-0.2, -0.15) is 15.0 Å². The van der Waals surface area contributed by atoms with Crippen molar-refractivity contribution in [3.05, 3.63) is 59.9 Å². The van der Waals surface area contributed by atoms with E-state index in [9.17, 15) is 13.0 Å². The normalized spacial score (nSPS) is 10.7. The Morgan fingerprint density at radius 3 is 2.23 bits per heavy atom. The van der Waals surface area contributed by atoms with E-state index in [0.29, 0.717) is 11.4 Å². The van der Waals surface area contributed by atoms with Gasteiger partial charge in [-0.15, -0.1) is 0 Å². The third kappa shape index (κ3) is 5.63. The fourth-order valence-corrected chi connectivity index (χ4v) is 2.48. The van der Waals surface area contributed by atoms with Gasteiger partial charge in [0.05, 0.1) is 4.90 Å². The Kier molecular flexibility index (Phi) is 6.93. The number of para-hydroxylation sites is 1. The van der Waals surface area contributed by atoms with Crippen LogP contribution in [0.5, 0.6) is 11.8 Å². The number of halogens is 1. The Balaban J connectivity index is 0.00000243. The molecule has 0 saturated carbocycles. The van der Waals surface area contributed by atoms with E-state index in [1.165, 1.54) is 24.3 Å². The first-order chi connectivity index (χ1) is 11.9. The van der Waals surface area contributed by atoms with E-state index >= 15 is 0 Å². The van der Waals surface area contributed by atoms with Crippen molar-refractivity contribution in [3.8, 4) is 11.8 Å². The van der Waals surface area contributed by atoms with Crippen LogP contribution in [0.1, 0.15) is 0 Å².